The van der Waals surface area contributed by atoms with E-state index in [4.69, 9.17) is 4.52 Å². The molecule has 1 N–H and O–H groups in total. The van der Waals surface area contributed by atoms with Gasteiger partial charge in [0.15, 0.2) is 0 Å². The largest absolute Gasteiger partial charge is 0.372 e. The lowest BCUT2D eigenvalue weighted by Crippen LogP contribution is -2.29. The van der Waals surface area contributed by atoms with Crippen LogP contribution in [0.2, 0.25) is 0 Å². The highest BCUT2D eigenvalue weighted by Gasteiger charge is 2.17. The van der Waals surface area contributed by atoms with Gasteiger partial charge in [-0.25, -0.2) is 0 Å². The molecule has 6 nitrogen and oxygen atoms in total. The maximum absolute atomic E-state index is 12.3. The topological polar surface area (TPSA) is 71.3 Å². The van der Waals surface area contributed by atoms with Crippen LogP contribution >= 0.6 is 11.3 Å². The smallest absolute Gasteiger partial charge is 0.316 e. The van der Waals surface area contributed by atoms with Crippen molar-refractivity contribution in [2.75, 3.05) is 24.5 Å². The van der Waals surface area contributed by atoms with Crippen molar-refractivity contribution in [2.24, 2.45) is 0 Å². The molecule has 0 bridgehead atoms. The number of nitrogens with one attached hydrogen (secondary N) is 1. The van der Waals surface area contributed by atoms with Gasteiger partial charge in [0.2, 0.25) is 5.82 Å². The Bertz CT molecular complexity index is 926. The van der Waals surface area contributed by atoms with E-state index < -0.39 is 0 Å². The van der Waals surface area contributed by atoms with E-state index in [1.54, 1.807) is 11.3 Å². The van der Waals surface area contributed by atoms with Crippen LogP contribution in [-0.4, -0.2) is 35.7 Å². The predicted molar refractivity (Wildman–Crippen MR) is 111 cm³/mol. The Labute approximate surface area is 168 Å². The Kier molecular flexibility index (Phi) is 5.71. The minimum Gasteiger partial charge on any atom is -0.372 e. The van der Waals surface area contributed by atoms with Crippen LogP contribution in [0.25, 0.3) is 11.4 Å². The molecule has 0 aliphatic carbocycles. The number of hydrogen-bond acceptors (Lipinski definition) is 6. The second kappa shape index (κ2) is 8.56. The van der Waals surface area contributed by atoms with Crippen molar-refractivity contribution in [1.82, 2.24) is 15.5 Å². The summed E-state index contributed by atoms with van der Waals surface area (Å²) in [6.45, 7) is 4.84. The number of amides is 1. The molecule has 1 aromatic carbocycles. The molecule has 146 valence electrons. The van der Waals surface area contributed by atoms with Crippen LogP contribution < -0.4 is 10.2 Å². The molecule has 1 amide bonds. The van der Waals surface area contributed by atoms with Gasteiger partial charge in [0.05, 0.1) is 0 Å². The van der Waals surface area contributed by atoms with E-state index in [0.717, 1.165) is 25.1 Å². The van der Waals surface area contributed by atoms with E-state index in [2.05, 4.69) is 50.9 Å². The number of piperidine rings is 1. The highest BCUT2D eigenvalue weighted by molar-refractivity contribution is 7.10. The van der Waals surface area contributed by atoms with E-state index in [1.807, 2.05) is 12.1 Å². The van der Waals surface area contributed by atoms with Crippen LogP contribution in [0.15, 0.2) is 40.2 Å². The molecule has 2 aromatic heterocycles. The standard InChI is InChI=1S/C21H24N4O2S/c1-15-10-14-28-18(15)9-11-22-20(26)21-23-19(24-27-21)16-5-7-17(8-6-16)25-12-3-2-4-13-25/h5-8,10,14H,2-4,9,11-13H2,1H3,(H,22,26). The summed E-state index contributed by atoms with van der Waals surface area (Å²) in [5.41, 5.74) is 3.32. The fourth-order valence-corrected chi connectivity index (χ4v) is 4.34. The zero-order valence-corrected chi connectivity index (χ0v) is 16.8. The maximum Gasteiger partial charge on any atom is 0.316 e. The van der Waals surface area contributed by atoms with Crippen LogP contribution in [0.1, 0.15) is 40.4 Å². The monoisotopic (exact) mass is 396 g/mol. The zero-order chi connectivity index (χ0) is 19.3. The summed E-state index contributed by atoms with van der Waals surface area (Å²) in [5, 5.41) is 8.87. The Balaban J connectivity index is 1.35. The summed E-state index contributed by atoms with van der Waals surface area (Å²) in [6.07, 6.45) is 4.61. The van der Waals surface area contributed by atoms with Gasteiger partial charge in [-0.1, -0.05) is 5.16 Å². The van der Waals surface area contributed by atoms with Crippen molar-refractivity contribution in [2.45, 2.75) is 32.6 Å². The predicted octanol–water partition coefficient (Wildman–Crippen LogP) is 4.07. The number of benzene rings is 1. The molecule has 0 radical (unpaired) electrons. The number of nitrogens with zero attached hydrogens (tertiary/aromatic N) is 3. The molecule has 7 heteroatoms. The first-order chi connectivity index (χ1) is 13.7. The minimum atomic E-state index is -0.335. The van der Waals surface area contributed by atoms with E-state index in [0.29, 0.717) is 12.4 Å². The summed E-state index contributed by atoms with van der Waals surface area (Å²) in [7, 11) is 0. The van der Waals surface area contributed by atoms with Gasteiger partial charge in [-0.15, -0.1) is 11.3 Å². The van der Waals surface area contributed by atoms with Crippen molar-refractivity contribution >= 4 is 22.9 Å². The van der Waals surface area contributed by atoms with Gasteiger partial charge in [0.1, 0.15) is 0 Å². The lowest BCUT2D eigenvalue weighted by molar-refractivity contribution is 0.0910. The van der Waals surface area contributed by atoms with Crippen LogP contribution in [0, 0.1) is 6.92 Å². The molecular weight excluding hydrogens is 372 g/mol. The third-order valence-corrected chi connectivity index (χ3v) is 6.16. The van der Waals surface area contributed by atoms with Crippen LogP contribution in [0.3, 0.4) is 0 Å². The van der Waals surface area contributed by atoms with Gasteiger partial charge in [0, 0.05) is 35.8 Å². The number of thiophene rings is 1. The maximum atomic E-state index is 12.3. The second-order valence-electron chi connectivity index (χ2n) is 7.05. The molecule has 1 fully saturated rings. The number of aromatic nitrogens is 2. The van der Waals surface area contributed by atoms with Gasteiger partial charge in [-0.05, 0) is 73.9 Å². The minimum absolute atomic E-state index is 0.00184. The molecule has 1 aliphatic rings. The molecular formula is C21H24N4O2S. The highest BCUT2D eigenvalue weighted by Crippen LogP contribution is 2.23. The number of carbonyl (C=O) groups excluding carboxylic acids is 1. The van der Waals surface area contributed by atoms with E-state index in [-0.39, 0.29) is 11.8 Å². The quantitative estimate of drug-likeness (QED) is 0.680. The van der Waals surface area contributed by atoms with Crippen molar-refractivity contribution < 1.29 is 9.32 Å². The lowest BCUT2D eigenvalue weighted by atomic mass is 10.1. The van der Waals surface area contributed by atoms with E-state index in [9.17, 15) is 4.79 Å². The zero-order valence-electron chi connectivity index (χ0n) is 16.0. The SMILES string of the molecule is Cc1ccsc1CCNC(=O)c1nc(-c2ccc(N3CCCCC3)cc2)no1. The number of carbonyl (C=O) groups is 1. The Morgan fingerprint density at radius 1 is 1.18 bits per heavy atom. The first-order valence-electron chi connectivity index (χ1n) is 9.71. The number of aryl methyl sites for hydroxylation is 1. The number of hydrogen-bond donors (Lipinski definition) is 1. The third kappa shape index (κ3) is 4.25. The van der Waals surface area contributed by atoms with Crippen molar-refractivity contribution in [1.29, 1.82) is 0 Å². The van der Waals surface area contributed by atoms with Gasteiger partial charge >= 0.3 is 11.8 Å². The van der Waals surface area contributed by atoms with E-state index >= 15 is 0 Å². The molecule has 0 spiro atoms. The number of anilines is 1. The molecule has 28 heavy (non-hydrogen) atoms. The van der Waals surface area contributed by atoms with Gasteiger partial charge < -0.3 is 14.7 Å². The molecule has 4 rings (SSSR count). The summed E-state index contributed by atoms with van der Waals surface area (Å²) in [4.78, 5) is 20.2. The van der Waals surface area contributed by atoms with E-state index in [1.165, 1.54) is 35.4 Å². The molecule has 0 unspecified atom stereocenters. The van der Waals surface area contributed by atoms with Gasteiger partial charge in [-0.3, -0.25) is 4.79 Å². The first kappa shape index (κ1) is 18.7. The van der Waals surface area contributed by atoms with Crippen LogP contribution in [-0.2, 0) is 6.42 Å². The summed E-state index contributed by atoms with van der Waals surface area (Å²) < 4.78 is 5.16. The fourth-order valence-electron chi connectivity index (χ4n) is 3.43. The molecule has 1 saturated heterocycles. The van der Waals surface area contributed by atoms with Crippen molar-refractivity contribution in [3.05, 3.63) is 52.0 Å². The summed E-state index contributed by atoms with van der Waals surface area (Å²) in [5.74, 6) is 0.0975. The van der Waals surface area contributed by atoms with Gasteiger partial charge in [0.25, 0.3) is 0 Å². The summed E-state index contributed by atoms with van der Waals surface area (Å²) in [6, 6.07) is 10.2. The summed E-state index contributed by atoms with van der Waals surface area (Å²) >= 11 is 1.70. The van der Waals surface area contributed by atoms with Crippen molar-refractivity contribution in [3.63, 3.8) is 0 Å². The second-order valence-corrected chi connectivity index (χ2v) is 8.05. The number of rotatable bonds is 6. The fraction of sp³-hybridized carbons (Fsp3) is 0.381. The Morgan fingerprint density at radius 2 is 1.96 bits per heavy atom. The average molecular weight is 397 g/mol. The van der Waals surface area contributed by atoms with Crippen LogP contribution in [0.4, 0.5) is 5.69 Å². The highest BCUT2D eigenvalue weighted by atomic mass is 32.1. The normalized spacial score (nSPS) is 14.2. The molecule has 1 aliphatic heterocycles. The molecule has 3 aromatic rings. The van der Waals surface area contributed by atoms with Crippen LogP contribution in [0.5, 0.6) is 0 Å². The molecule has 0 atom stereocenters. The molecule has 3 heterocycles. The first-order valence-corrected chi connectivity index (χ1v) is 10.6. The Hall–Kier alpha value is -2.67. The average Bonchev–Trinajstić information content (AvgIpc) is 3.38. The van der Waals surface area contributed by atoms with Gasteiger partial charge in [-0.2, -0.15) is 4.98 Å². The lowest BCUT2D eigenvalue weighted by Gasteiger charge is -2.28. The molecule has 0 saturated carbocycles. The third-order valence-electron chi connectivity index (χ3n) is 5.07. The van der Waals surface area contributed by atoms with Crippen molar-refractivity contribution in [3.8, 4) is 11.4 Å². The Morgan fingerprint density at radius 3 is 2.68 bits per heavy atom.